The highest BCUT2D eigenvalue weighted by Gasteiger charge is 2.27. The molecule has 0 aliphatic carbocycles. The summed E-state index contributed by atoms with van der Waals surface area (Å²) in [7, 11) is -2.81. The molecule has 0 saturated carbocycles. The molecule has 0 unspecified atom stereocenters. The lowest BCUT2D eigenvalue weighted by molar-refractivity contribution is -0.142. The van der Waals surface area contributed by atoms with E-state index < -0.39 is 28.4 Å². The molecule has 0 aliphatic rings. The fraction of sp³-hybridized carbons (Fsp3) is 0.160. The molecule has 3 rings (SSSR count). The summed E-state index contributed by atoms with van der Waals surface area (Å²) >= 11 is 6.07. The van der Waals surface area contributed by atoms with Gasteiger partial charge >= 0.3 is 5.97 Å². The highest BCUT2D eigenvalue weighted by Crippen LogP contribution is 2.26. The lowest BCUT2D eigenvalue weighted by Crippen LogP contribution is -2.39. The maximum atomic E-state index is 13.4. The van der Waals surface area contributed by atoms with Crippen molar-refractivity contribution < 1.29 is 27.5 Å². The molecule has 9 nitrogen and oxygen atoms in total. The molecule has 0 heterocycles. The van der Waals surface area contributed by atoms with E-state index >= 15 is 0 Å². The number of halogens is 1. The van der Waals surface area contributed by atoms with Crippen molar-refractivity contribution in [1.29, 1.82) is 0 Å². The van der Waals surface area contributed by atoms with Gasteiger partial charge in [0.1, 0.15) is 12.3 Å². The molecule has 36 heavy (non-hydrogen) atoms. The average Bonchev–Trinajstić information content (AvgIpc) is 2.86. The Kier molecular flexibility index (Phi) is 9.04. The number of benzene rings is 3. The van der Waals surface area contributed by atoms with Gasteiger partial charge in [0.05, 0.1) is 23.9 Å². The van der Waals surface area contributed by atoms with Crippen LogP contribution in [0.1, 0.15) is 11.1 Å². The largest absolute Gasteiger partial charge is 0.482 e. The molecule has 0 radical (unpaired) electrons. The maximum Gasteiger partial charge on any atom is 0.343 e. The molecular formula is C25H24ClN3O6S. The van der Waals surface area contributed by atoms with Crippen LogP contribution >= 0.6 is 11.6 Å². The number of ether oxygens (including phenoxy) is 2. The summed E-state index contributed by atoms with van der Waals surface area (Å²) in [6.45, 7) is 1.07. The normalized spacial score (nSPS) is 11.2. The van der Waals surface area contributed by atoms with Crippen LogP contribution in [0.25, 0.3) is 0 Å². The number of carbonyl (C=O) groups excluding carboxylic acids is 2. The van der Waals surface area contributed by atoms with Gasteiger partial charge in [0.25, 0.3) is 15.9 Å². The zero-order chi connectivity index (χ0) is 26.1. The monoisotopic (exact) mass is 529 g/mol. The Morgan fingerprint density at radius 3 is 2.47 bits per heavy atom. The molecule has 0 aliphatic heterocycles. The van der Waals surface area contributed by atoms with Crippen molar-refractivity contribution in [3.8, 4) is 5.75 Å². The van der Waals surface area contributed by atoms with Crippen molar-refractivity contribution in [3.63, 3.8) is 0 Å². The molecule has 0 aromatic heterocycles. The van der Waals surface area contributed by atoms with Crippen molar-refractivity contribution in [2.24, 2.45) is 5.10 Å². The number of methoxy groups -OCH3 is 1. The number of hydrogen-bond acceptors (Lipinski definition) is 7. The van der Waals surface area contributed by atoms with Gasteiger partial charge in [-0.1, -0.05) is 47.5 Å². The van der Waals surface area contributed by atoms with E-state index in [-0.39, 0.29) is 17.2 Å². The number of aryl methyl sites for hydroxylation is 1. The Balaban J connectivity index is 1.75. The molecular weight excluding hydrogens is 506 g/mol. The number of rotatable bonds is 10. The maximum absolute atomic E-state index is 13.4. The first-order valence-electron chi connectivity index (χ1n) is 10.7. The van der Waals surface area contributed by atoms with Crippen LogP contribution in [0.3, 0.4) is 0 Å². The topological polar surface area (TPSA) is 114 Å². The Morgan fingerprint density at radius 1 is 1.06 bits per heavy atom. The summed E-state index contributed by atoms with van der Waals surface area (Å²) in [5.74, 6) is -0.779. The number of anilines is 1. The third-order valence-electron chi connectivity index (χ3n) is 4.84. The van der Waals surface area contributed by atoms with Gasteiger partial charge in [-0.05, 0) is 55.0 Å². The number of esters is 1. The van der Waals surface area contributed by atoms with Crippen LogP contribution in [0.5, 0.6) is 5.75 Å². The number of hydrazone groups is 1. The first kappa shape index (κ1) is 26.7. The van der Waals surface area contributed by atoms with E-state index in [1.54, 1.807) is 54.6 Å². The van der Waals surface area contributed by atoms with E-state index in [4.69, 9.17) is 16.3 Å². The molecule has 0 atom stereocenters. The van der Waals surface area contributed by atoms with E-state index in [0.717, 1.165) is 9.87 Å². The van der Waals surface area contributed by atoms with Gasteiger partial charge < -0.3 is 9.47 Å². The molecule has 3 aromatic rings. The van der Waals surface area contributed by atoms with Crippen molar-refractivity contribution in [3.05, 3.63) is 88.9 Å². The smallest absolute Gasteiger partial charge is 0.343 e. The SMILES string of the molecule is COC(=O)COc1cccc(/C=N\NC(=O)CN(c2cccc(Cl)c2)S(=O)(=O)c2ccc(C)cc2)c1. The zero-order valence-corrected chi connectivity index (χ0v) is 21.1. The molecule has 0 fully saturated rings. The second-order valence-electron chi connectivity index (χ2n) is 7.54. The van der Waals surface area contributed by atoms with E-state index in [9.17, 15) is 18.0 Å². The molecule has 188 valence electrons. The van der Waals surface area contributed by atoms with E-state index in [1.807, 2.05) is 6.92 Å². The van der Waals surface area contributed by atoms with Crippen LogP contribution in [0.4, 0.5) is 5.69 Å². The molecule has 0 saturated heterocycles. The number of hydrogen-bond donors (Lipinski definition) is 1. The fourth-order valence-electron chi connectivity index (χ4n) is 3.01. The number of carbonyl (C=O) groups is 2. The van der Waals surface area contributed by atoms with E-state index in [0.29, 0.717) is 16.3 Å². The van der Waals surface area contributed by atoms with Crippen molar-refractivity contribution in [2.45, 2.75) is 11.8 Å². The first-order chi connectivity index (χ1) is 17.2. The fourth-order valence-corrected chi connectivity index (χ4v) is 4.61. The number of sulfonamides is 1. The van der Waals surface area contributed by atoms with E-state index in [1.165, 1.54) is 31.5 Å². The summed E-state index contributed by atoms with van der Waals surface area (Å²) in [5, 5.41) is 4.23. The Morgan fingerprint density at radius 2 is 1.78 bits per heavy atom. The number of nitrogens with zero attached hydrogens (tertiary/aromatic N) is 2. The van der Waals surface area contributed by atoms with Crippen molar-refractivity contribution in [1.82, 2.24) is 5.43 Å². The van der Waals surface area contributed by atoms with Gasteiger partial charge in [-0.3, -0.25) is 9.10 Å². The highest BCUT2D eigenvalue weighted by atomic mass is 35.5. The minimum Gasteiger partial charge on any atom is -0.482 e. The lowest BCUT2D eigenvalue weighted by Gasteiger charge is -2.24. The van der Waals surface area contributed by atoms with Crippen molar-refractivity contribution >= 4 is 45.4 Å². The second kappa shape index (κ2) is 12.2. The summed E-state index contributed by atoms with van der Waals surface area (Å²) in [5.41, 5.74) is 4.05. The molecule has 1 amide bonds. The minimum atomic E-state index is -4.07. The Bertz CT molecular complexity index is 1360. The van der Waals surface area contributed by atoms with Crippen LogP contribution in [0.2, 0.25) is 5.02 Å². The summed E-state index contributed by atoms with van der Waals surface area (Å²) in [4.78, 5) is 23.9. The highest BCUT2D eigenvalue weighted by molar-refractivity contribution is 7.92. The predicted octanol–water partition coefficient (Wildman–Crippen LogP) is 3.55. The second-order valence-corrected chi connectivity index (χ2v) is 9.83. The standard InChI is InChI=1S/C25H24ClN3O6S/c1-18-9-11-23(12-10-18)36(32,33)29(21-7-4-6-20(26)14-21)16-24(30)28-27-15-19-5-3-8-22(13-19)35-17-25(31)34-2/h3-15H,16-17H2,1-2H3,(H,28,30)/b27-15-. The summed E-state index contributed by atoms with van der Waals surface area (Å²) in [6, 6.07) is 19.2. The summed E-state index contributed by atoms with van der Waals surface area (Å²) < 4.78 is 37.6. The average molecular weight is 530 g/mol. The van der Waals surface area contributed by atoms with Crippen LogP contribution in [0.15, 0.2) is 82.8 Å². The van der Waals surface area contributed by atoms with Gasteiger partial charge in [0, 0.05) is 5.02 Å². The van der Waals surface area contributed by atoms with Crippen LogP contribution in [-0.4, -0.2) is 46.8 Å². The van der Waals surface area contributed by atoms with Gasteiger partial charge in [0.15, 0.2) is 6.61 Å². The molecule has 0 bridgehead atoms. The molecule has 0 spiro atoms. The van der Waals surface area contributed by atoms with E-state index in [2.05, 4.69) is 15.3 Å². The van der Waals surface area contributed by atoms with Gasteiger partial charge in [0.2, 0.25) is 0 Å². The quantitative estimate of drug-likeness (QED) is 0.244. The van der Waals surface area contributed by atoms with Crippen LogP contribution in [0, 0.1) is 6.92 Å². The van der Waals surface area contributed by atoms with Gasteiger partial charge in [-0.15, -0.1) is 0 Å². The Hall–Kier alpha value is -3.89. The third-order valence-corrected chi connectivity index (χ3v) is 6.86. The zero-order valence-electron chi connectivity index (χ0n) is 19.5. The number of amides is 1. The predicted molar refractivity (Wildman–Crippen MR) is 137 cm³/mol. The van der Waals surface area contributed by atoms with Crippen LogP contribution < -0.4 is 14.5 Å². The Labute approximate surface area is 214 Å². The molecule has 11 heteroatoms. The first-order valence-corrected chi connectivity index (χ1v) is 12.5. The minimum absolute atomic E-state index is 0.0353. The number of nitrogens with one attached hydrogen (secondary N) is 1. The van der Waals surface area contributed by atoms with Crippen LogP contribution in [-0.2, 0) is 24.3 Å². The molecule has 1 N–H and O–H groups in total. The third kappa shape index (κ3) is 7.30. The van der Waals surface area contributed by atoms with Crippen molar-refractivity contribution in [2.75, 3.05) is 24.6 Å². The molecule has 3 aromatic carbocycles. The summed E-state index contributed by atoms with van der Waals surface area (Å²) in [6.07, 6.45) is 1.36. The lowest BCUT2D eigenvalue weighted by atomic mass is 10.2. The van der Waals surface area contributed by atoms with Gasteiger partial charge in [-0.2, -0.15) is 5.10 Å². The van der Waals surface area contributed by atoms with Gasteiger partial charge in [-0.25, -0.2) is 18.6 Å².